The van der Waals surface area contributed by atoms with Crippen LogP contribution in [0.15, 0.2) is 24.3 Å². The van der Waals surface area contributed by atoms with Crippen LogP contribution in [0.3, 0.4) is 0 Å². The van der Waals surface area contributed by atoms with Crippen molar-refractivity contribution in [3.63, 3.8) is 0 Å². The molecule has 0 saturated heterocycles. The summed E-state index contributed by atoms with van der Waals surface area (Å²) >= 11 is 0. The molecule has 1 aromatic carbocycles. The number of rotatable bonds is 3. The van der Waals surface area contributed by atoms with E-state index in [1.165, 1.54) is 0 Å². The molecule has 0 aromatic heterocycles. The zero-order valence-corrected chi connectivity index (χ0v) is 9.43. The Morgan fingerprint density at radius 3 is 2.07 bits per heavy atom. The van der Waals surface area contributed by atoms with Crippen LogP contribution in [0.2, 0.25) is 0 Å². The van der Waals surface area contributed by atoms with Gasteiger partial charge in [-0.1, -0.05) is 0 Å². The molecule has 0 fully saturated rings. The number of benzene rings is 1. The maximum atomic E-state index is 10.7. The monoisotopic (exact) mass is 234 g/mol. The van der Waals surface area contributed by atoms with Crippen LogP contribution in [0.25, 0.3) is 0 Å². The third-order valence-electron chi connectivity index (χ3n) is 1.62. The zero-order valence-electron chi connectivity index (χ0n) is 7.86. The zero-order chi connectivity index (χ0) is 10.8. The minimum absolute atomic E-state index is 0.450. The summed E-state index contributed by atoms with van der Waals surface area (Å²) in [6, 6.07) is 6.89. The second-order valence-corrected chi connectivity index (χ2v) is 5.28. The smallest absolute Gasteiger partial charge is 0.319 e. The maximum Gasteiger partial charge on any atom is 0.319 e. The van der Waals surface area contributed by atoms with Gasteiger partial charge in [0.1, 0.15) is 0 Å². The molecule has 0 bridgehead atoms. The molecule has 0 aliphatic carbocycles. The Morgan fingerprint density at radius 1 is 1.21 bits per heavy atom. The van der Waals surface area contributed by atoms with Gasteiger partial charge in [0.2, 0.25) is 0 Å². The molecular weight excluding hydrogens is 224 g/mol. The summed E-state index contributed by atoms with van der Waals surface area (Å²) in [5, 5.41) is 0. The number of hydrogen-bond acceptors (Lipinski definition) is 3. The summed E-state index contributed by atoms with van der Waals surface area (Å²) in [4.78, 5) is 1.92. The number of hydrogen-bond donors (Lipinski definition) is 1. The summed E-state index contributed by atoms with van der Waals surface area (Å²) in [5.74, 6) is 0. The predicted molar refractivity (Wildman–Crippen MR) is 59.2 cm³/mol. The van der Waals surface area contributed by atoms with Gasteiger partial charge < -0.3 is 4.90 Å². The molecule has 1 aromatic rings. The van der Waals surface area contributed by atoms with Gasteiger partial charge in [0.25, 0.3) is 0 Å². The van der Waals surface area contributed by atoms with E-state index in [-0.39, 0.29) is 0 Å². The minimum atomic E-state index is -3.70. The van der Waals surface area contributed by atoms with Gasteiger partial charge in [-0.15, -0.1) is 0 Å². The third-order valence-corrected chi connectivity index (χ3v) is 2.33. The maximum absolute atomic E-state index is 10.7. The summed E-state index contributed by atoms with van der Waals surface area (Å²) in [6.45, 7) is 0. The molecular formula is C8H11ClN2O2S. The number of halogens is 1. The first kappa shape index (κ1) is 11.1. The van der Waals surface area contributed by atoms with Gasteiger partial charge in [0.05, 0.1) is 0 Å². The van der Waals surface area contributed by atoms with Gasteiger partial charge in [-0.25, -0.2) is 0 Å². The quantitative estimate of drug-likeness (QED) is 0.810. The molecule has 1 rings (SSSR count). The van der Waals surface area contributed by atoms with Crippen molar-refractivity contribution in [1.29, 1.82) is 0 Å². The molecule has 0 radical (unpaired) electrons. The molecule has 0 aliphatic rings. The summed E-state index contributed by atoms with van der Waals surface area (Å²) in [6.07, 6.45) is 0. The first-order valence-corrected chi connectivity index (χ1v) is 6.19. The first-order valence-electron chi connectivity index (χ1n) is 3.88. The van der Waals surface area contributed by atoms with Crippen molar-refractivity contribution in [1.82, 2.24) is 0 Å². The summed E-state index contributed by atoms with van der Waals surface area (Å²) in [5.41, 5.74) is 1.44. The van der Waals surface area contributed by atoms with Gasteiger partial charge in [-0.2, -0.15) is 8.42 Å². The molecule has 78 valence electrons. The Hall–Kier alpha value is -0.940. The van der Waals surface area contributed by atoms with Crippen LogP contribution in [-0.4, -0.2) is 22.5 Å². The van der Waals surface area contributed by atoms with Crippen LogP contribution in [0.5, 0.6) is 0 Å². The highest BCUT2D eigenvalue weighted by molar-refractivity contribution is 8.14. The fourth-order valence-electron chi connectivity index (χ4n) is 0.968. The first-order chi connectivity index (χ1) is 6.38. The van der Waals surface area contributed by atoms with Crippen LogP contribution in [0, 0.1) is 0 Å². The molecule has 14 heavy (non-hydrogen) atoms. The van der Waals surface area contributed by atoms with E-state index < -0.39 is 9.24 Å². The Labute approximate surface area is 88.0 Å². The topological polar surface area (TPSA) is 49.4 Å². The molecule has 0 atom stereocenters. The van der Waals surface area contributed by atoms with E-state index in [0.29, 0.717) is 5.69 Å². The third kappa shape index (κ3) is 3.43. The van der Waals surface area contributed by atoms with E-state index in [2.05, 4.69) is 4.72 Å². The van der Waals surface area contributed by atoms with Gasteiger partial charge in [-0.05, 0) is 24.3 Å². The molecule has 4 nitrogen and oxygen atoms in total. The summed E-state index contributed by atoms with van der Waals surface area (Å²) < 4.78 is 23.5. The molecule has 0 aliphatic heterocycles. The average Bonchev–Trinajstić information content (AvgIpc) is 2.02. The second kappa shape index (κ2) is 4.06. The highest BCUT2D eigenvalue weighted by atomic mass is 35.7. The standard InChI is InChI=1S/C8H11ClN2O2S/c1-11(2)8-5-3-7(4-6-8)10-14(9,12)13/h3-6,10H,1-2H3. The van der Waals surface area contributed by atoms with Crippen molar-refractivity contribution in [2.24, 2.45) is 0 Å². The van der Waals surface area contributed by atoms with Crippen molar-refractivity contribution in [3.8, 4) is 0 Å². The largest absolute Gasteiger partial charge is 0.378 e. The van der Waals surface area contributed by atoms with Gasteiger partial charge in [-0.3, -0.25) is 4.72 Å². The molecule has 0 saturated carbocycles. The second-order valence-electron chi connectivity index (χ2n) is 2.98. The van der Waals surface area contributed by atoms with Gasteiger partial charge in [0.15, 0.2) is 0 Å². The van der Waals surface area contributed by atoms with Crippen molar-refractivity contribution < 1.29 is 8.42 Å². The predicted octanol–water partition coefficient (Wildman–Crippen LogP) is 1.65. The van der Waals surface area contributed by atoms with E-state index in [1.807, 2.05) is 19.0 Å². The Bertz CT molecular complexity index is 400. The molecule has 1 N–H and O–H groups in total. The van der Waals surface area contributed by atoms with Crippen LogP contribution < -0.4 is 9.62 Å². The molecule has 0 spiro atoms. The van der Waals surface area contributed by atoms with E-state index in [0.717, 1.165) is 5.69 Å². The minimum Gasteiger partial charge on any atom is -0.378 e. The van der Waals surface area contributed by atoms with Crippen molar-refractivity contribution in [3.05, 3.63) is 24.3 Å². The van der Waals surface area contributed by atoms with Crippen molar-refractivity contribution in [2.45, 2.75) is 0 Å². The Morgan fingerprint density at radius 2 is 1.71 bits per heavy atom. The fourth-order valence-corrected chi connectivity index (χ4v) is 1.65. The molecule has 0 heterocycles. The summed E-state index contributed by atoms with van der Waals surface area (Å²) in [7, 11) is 5.13. The SMILES string of the molecule is CN(C)c1ccc(NS(=O)(=O)Cl)cc1. The lowest BCUT2D eigenvalue weighted by molar-refractivity contribution is 0.614. The van der Waals surface area contributed by atoms with Crippen molar-refractivity contribution in [2.75, 3.05) is 23.7 Å². The fraction of sp³-hybridized carbons (Fsp3) is 0.250. The average molecular weight is 235 g/mol. The lowest BCUT2D eigenvalue weighted by Gasteiger charge is -2.12. The molecule has 6 heteroatoms. The Balaban J connectivity index is 2.84. The number of nitrogens with one attached hydrogen (secondary N) is 1. The van der Waals surface area contributed by atoms with Crippen LogP contribution in [-0.2, 0) is 9.24 Å². The highest BCUT2D eigenvalue weighted by Gasteiger charge is 2.03. The highest BCUT2D eigenvalue weighted by Crippen LogP contribution is 2.17. The number of nitrogens with zero attached hydrogens (tertiary/aromatic N) is 1. The van der Waals surface area contributed by atoms with Crippen LogP contribution in [0.1, 0.15) is 0 Å². The van der Waals surface area contributed by atoms with Crippen LogP contribution >= 0.6 is 10.7 Å². The van der Waals surface area contributed by atoms with Gasteiger partial charge in [0, 0.05) is 36.2 Å². The number of anilines is 2. The van der Waals surface area contributed by atoms with E-state index >= 15 is 0 Å². The van der Waals surface area contributed by atoms with E-state index in [1.54, 1.807) is 24.3 Å². The van der Waals surface area contributed by atoms with Gasteiger partial charge >= 0.3 is 9.24 Å². The van der Waals surface area contributed by atoms with E-state index in [9.17, 15) is 8.42 Å². The normalized spacial score (nSPS) is 11.1. The molecule has 0 unspecified atom stereocenters. The van der Waals surface area contributed by atoms with E-state index in [4.69, 9.17) is 10.7 Å². The van der Waals surface area contributed by atoms with Crippen molar-refractivity contribution >= 4 is 31.3 Å². The van der Waals surface area contributed by atoms with Crippen LogP contribution in [0.4, 0.5) is 11.4 Å². The Kier molecular flexibility index (Phi) is 3.23. The molecule has 0 amide bonds. The lowest BCUT2D eigenvalue weighted by Crippen LogP contribution is -2.09. The lowest BCUT2D eigenvalue weighted by atomic mass is 10.3.